The molecule has 0 saturated heterocycles. The van der Waals surface area contributed by atoms with E-state index in [9.17, 15) is 5.11 Å². The SMILES string of the molecule is COc1ccc(NC(C)c2ccc(C)cc2O)c(C)c1. The maximum atomic E-state index is 10.0. The Kier molecular flexibility index (Phi) is 4.18. The van der Waals surface area contributed by atoms with Gasteiger partial charge in [-0.3, -0.25) is 0 Å². The molecular weight excluding hydrogens is 250 g/mol. The lowest BCUT2D eigenvalue weighted by molar-refractivity contribution is 0.414. The van der Waals surface area contributed by atoms with Crippen molar-refractivity contribution in [3.05, 3.63) is 53.1 Å². The number of benzene rings is 2. The predicted octanol–water partition coefficient (Wildman–Crippen LogP) is 4.19. The first kappa shape index (κ1) is 14.3. The number of aryl methyl sites for hydroxylation is 2. The van der Waals surface area contributed by atoms with Gasteiger partial charge in [0.2, 0.25) is 0 Å². The van der Waals surface area contributed by atoms with Crippen LogP contribution in [0.3, 0.4) is 0 Å². The first-order valence-electron chi connectivity index (χ1n) is 6.72. The van der Waals surface area contributed by atoms with E-state index in [2.05, 4.69) is 5.32 Å². The van der Waals surface area contributed by atoms with Crippen LogP contribution in [-0.2, 0) is 0 Å². The van der Waals surface area contributed by atoms with Crippen LogP contribution >= 0.6 is 0 Å². The van der Waals surface area contributed by atoms with Crippen LogP contribution in [0.1, 0.15) is 29.7 Å². The van der Waals surface area contributed by atoms with Gasteiger partial charge in [0.25, 0.3) is 0 Å². The third-order valence-corrected chi connectivity index (χ3v) is 3.46. The normalized spacial score (nSPS) is 12.0. The molecule has 0 bridgehead atoms. The lowest BCUT2D eigenvalue weighted by Gasteiger charge is -2.19. The minimum atomic E-state index is 0.0303. The summed E-state index contributed by atoms with van der Waals surface area (Å²) in [7, 11) is 1.66. The van der Waals surface area contributed by atoms with Gasteiger partial charge in [-0.05, 0) is 56.2 Å². The van der Waals surface area contributed by atoms with Crippen molar-refractivity contribution < 1.29 is 9.84 Å². The van der Waals surface area contributed by atoms with Crippen molar-refractivity contribution in [1.82, 2.24) is 0 Å². The number of methoxy groups -OCH3 is 1. The summed E-state index contributed by atoms with van der Waals surface area (Å²) < 4.78 is 5.20. The van der Waals surface area contributed by atoms with Gasteiger partial charge in [0.05, 0.1) is 13.2 Å². The van der Waals surface area contributed by atoms with Gasteiger partial charge in [-0.15, -0.1) is 0 Å². The fraction of sp³-hybridized carbons (Fsp3) is 0.294. The summed E-state index contributed by atoms with van der Waals surface area (Å²) in [6.07, 6.45) is 0. The lowest BCUT2D eigenvalue weighted by Crippen LogP contribution is -2.08. The number of phenols is 1. The first-order valence-corrected chi connectivity index (χ1v) is 6.72. The molecule has 0 spiro atoms. The van der Waals surface area contributed by atoms with Crippen molar-refractivity contribution in [3.8, 4) is 11.5 Å². The molecule has 106 valence electrons. The second kappa shape index (κ2) is 5.87. The van der Waals surface area contributed by atoms with Crippen LogP contribution in [0.5, 0.6) is 11.5 Å². The molecule has 0 aliphatic heterocycles. The summed E-state index contributed by atoms with van der Waals surface area (Å²) in [5, 5.41) is 13.5. The highest BCUT2D eigenvalue weighted by Gasteiger charge is 2.11. The van der Waals surface area contributed by atoms with E-state index in [-0.39, 0.29) is 6.04 Å². The van der Waals surface area contributed by atoms with Crippen LogP contribution in [0, 0.1) is 13.8 Å². The van der Waals surface area contributed by atoms with Crippen molar-refractivity contribution >= 4 is 5.69 Å². The Morgan fingerprint density at radius 2 is 1.85 bits per heavy atom. The van der Waals surface area contributed by atoms with E-state index in [1.54, 1.807) is 13.2 Å². The average Bonchev–Trinajstić information content (AvgIpc) is 2.40. The summed E-state index contributed by atoms with van der Waals surface area (Å²) in [6, 6.07) is 11.7. The standard InChI is InChI=1S/C17H21NO2/c1-11-5-7-15(17(19)9-11)13(3)18-16-8-6-14(20-4)10-12(16)2/h5-10,13,18-19H,1-4H3. The number of hydrogen-bond donors (Lipinski definition) is 2. The minimum Gasteiger partial charge on any atom is -0.508 e. The Bertz CT molecular complexity index is 608. The zero-order valence-corrected chi connectivity index (χ0v) is 12.4. The number of anilines is 1. The summed E-state index contributed by atoms with van der Waals surface area (Å²) in [5.74, 6) is 1.18. The van der Waals surface area contributed by atoms with E-state index in [1.807, 2.05) is 51.1 Å². The highest BCUT2D eigenvalue weighted by atomic mass is 16.5. The highest BCUT2D eigenvalue weighted by molar-refractivity contribution is 5.55. The summed E-state index contributed by atoms with van der Waals surface area (Å²) in [4.78, 5) is 0. The number of phenolic OH excluding ortho intramolecular Hbond substituents is 1. The predicted molar refractivity (Wildman–Crippen MR) is 82.6 cm³/mol. The van der Waals surface area contributed by atoms with E-state index in [0.29, 0.717) is 5.75 Å². The molecule has 0 amide bonds. The van der Waals surface area contributed by atoms with Gasteiger partial charge in [-0.2, -0.15) is 0 Å². The molecular formula is C17H21NO2. The summed E-state index contributed by atoms with van der Waals surface area (Å²) in [5.41, 5.74) is 4.10. The second-order valence-electron chi connectivity index (χ2n) is 5.11. The number of rotatable bonds is 4. The molecule has 0 aliphatic carbocycles. The van der Waals surface area contributed by atoms with Crippen molar-refractivity contribution in [2.24, 2.45) is 0 Å². The number of ether oxygens (including phenoxy) is 1. The van der Waals surface area contributed by atoms with Crippen molar-refractivity contribution in [2.45, 2.75) is 26.8 Å². The molecule has 1 unspecified atom stereocenters. The largest absolute Gasteiger partial charge is 0.508 e. The molecule has 0 radical (unpaired) electrons. The van der Waals surface area contributed by atoms with Gasteiger partial charge in [0.1, 0.15) is 11.5 Å². The van der Waals surface area contributed by atoms with E-state index in [0.717, 1.165) is 28.1 Å². The van der Waals surface area contributed by atoms with Gasteiger partial charge in [-0.25, -0.2) is 0 Å². The molecule has 2 aromatic carbocycles. The van der Waals surface area contributed by atoms with Crippen LogP contribution in [0.4, 0.5) is 5.69 Å². The fourth-order valence-corrected chi connectivity index (χ4v) is 2.26. The smallest absolute Gasteiger partial charge is 0.121 e. The molecule has 2 aromatic rings. The zero-order valence-electron chi connectivity index (χ0n) is 12.4. The van der Waals surface area contributed by atoms with Crippen LogP contribution in [0.25, 0.3) is 0 Å². The topological polar surface area (TPSA) is 41.5 Å². The van der Waals surface area contributed by atoms with E-state index < -0.39 is 0 Å². The molecule has 20 heavy (non-hydrogen) atoms. The van der Waals surface area contributed by atoms with Gasteiger partial charge in [-0.1, -0.05) is 12.1 Å². The number of nitrogens with one attached hydrogen (secondary N) is 1. The zero-order chi connectivity index (χ0) is 14.7. The van der Waals surface area contributed by atoms with Crippen LogP contribution in [0.15, 0.2) is 36.4 Å². The highest BCUT2D eigenvalue weighted by Crippen LogP contribution is 2.30. The van der Waals surface area contributed by atoms with Gasteiger partial charge < -0.3 is 15.2 Å². The minimum absolute atomic E-state index is 0.0303. The lowest BCUT2D eigenvalue weighted by atomic mass is 10.0. The molecule has 0 aromatic heterocycles. The first-order chi connectivity index (χ1) is 9.51. The van der Waals surface area contributed by atoms with Gasteiger partial charge in [0.15, 0.2) is 0 Å². The molecule has 2 rings (SSSR count). The fourth-order valence-electron chi connectivity index (χ4n) is 2.26. The maximum Gasteiger partial charge on any atom is 0.121 e. The van der Waals surface area contributed by atoms with Gasteiger partial charge >= 0.3 is 0 Å². The van der Waals surface area contributed by atoms with Crippen molar-refractivity contribution in [3.63, 3.8) is 0 Å². The van der Waals surface area contributed by atoms with Crippen LogP contribution in [-0.4, -0.2) is 12.2 Å². The Morgan fingerprint density at radius 3 is 2.45 bits per heavy atom. The van der Waals surface area contributed by atoms with Crippen LogP contribution < -0.4 is 10.1 Å². The molecule has 3 heteroatoms. The van der Waals surface area contributed by atoms with Crippen LogP contribution in [0.2, 0.25) is 0 Å². The summed E-state index contributed by atoms with van der Waals surface area (Å²) in [6.45, 7) is 6.04. The quantitative estimate of drug-likeness (QED) is 0.876. The number of aromatic hydroxyl groups is 1. The number of hydrogen-bond acceptors (Lipinski definition) is 3. The summed E-state index contributed by atoms with van der Waals surface area (Å²) >= 11 is 0. The second-order valence-corrected chi connectivity index (χ2v) is 5.11. The molecule has 0 fully saturated rings. The monoisotopic (exact) mass is 271 g/mol. The van der Waals surface area contributed by atoms with E-state index in [1.165, 1.54) is 0 Å². The molecule has 0 saturated carbocycles. The Balaban J connectivity index is 2.21. The molecule has 2 N–H and O–H groups in total. The van der Waals surface area contributed by atoms with E-state index in [4.69, 9.17) is 4.74 Å². The maximum absolute atomic E-state index is 10.0. The molecule has 3 nitrogen and oxygen atoms in total. The third-order valence-electron chi connectivity index (χ3n) is 3.46. The average molecular weight is 271 g/mol. The molecule has 1 atom stereocenters. The van der Waals surface area contributed by atoms with E-state index >= 15 is 0 Å². The molecule has 0 aliphatic rings. The molecule has 0 heterocycles. The Morgan fingerprint density at radius 1 is 1.10 bits per heavy atom. The van der Waals surface area contributed by atoms with Crippen molar-refractivity contribution in [1.29, 1.82) is 0 Å². The third kappa shape index (κ3) is 3.05. The van der Waals surface area contributed by atoms with Gasteiger partial charge in [0, 0.05) is 11.3 Å². The van der Waals surface area contributed by atoms with Crippen molar-refractivity contribution in [2.75, 3.05) is 12.4 Å². The Hall–Kier alpha value is -2.16. The Labute approximate surface area is 120 Å².